The number of methoxy groups -OCH3 is 1. The van der Waals surface area contributed by atoms with Gasteiger partial charge < -0.3 is 19.9 Å². The number of carbonyl (C=O) groups excluding carboxylic acids is 2. The zero-order valence-electron chi connectivity index (χ0n) is 19.1. The SMILES string of the molecule is CCCCOc1ccc(S(=O)(=O)N2C[C@@H](NC(=O)[C@@H](O)CC(C)C)C[C@@H]2C(=O)OC)cc1. The number of hydrogen-bond donors (Lipinski definition) is 2. The summed E-state index contributed by atoms with van der Waals surface area (Å²) in [5.41, 5.74) is 0. The number of aliphatic hydroxyl groups excluding tert-OH is 1. The van der Waals surface area contributed by atoms with Crippen LogP contribution in [0.4, 0.5) is 0 Å². The van der Waals surface area contributed by atoms with Crippen LogP contribution in [0.25, 0.3) is 0 Å². The maximum Gasteiger partial charge on any atom is 0.324 e. The fourth-order valence-electron chi connectivity index (χ4n) is 3.55. The molecule has 3 atom stereocenters. The first-order chi connectivity index (χ1) is 15.1. The molecule has 0 bridgehead atoms. The maximum atomic E-state index is 13.3. The van der Waals surface area contributed by atoms with Crippen LogP contribution in [0.15, 0.2) is 29.2 Å². The number of nitrogens with zero attached hydrogens (tertiary/aromatic N) is 1. The minimum Gasteiger partial charge on any atom is -0.494 e. The fourth-order valence-corrected chi connectivity index (χ4v) is 5.19. The number of unbranched alkanes of at least 4 members (excludes halogenated alkanes) is 1. The maximum absolute atomic E-state index is 13.3. The van der Waals surface area contributed by atoms with Crippen molar-refractivity contribution in [3.8, 4) is 5.75 Å². The van der Waals surface area contributed by atoms with Crippen LogP contribution in [-0.2, 0) is 24.3 Å². The molecule has 0 aromatic heterocycles. The third kappa shape index (κ3) is 6.66. The second-order valence-electron chi connectivity index (χ2n) is 8.37. The fraction of sp³-hybridized carbons (Fsp3) is 0.636. The van der Waals surface area contributed by atoms with Crippen molar-refractivity contribution < 1.29 is 32.6 Å². The average molecular weight is 471 g/mol. The molecule has 0 spiro atoms. The van der Waals surface area contributed by atoms with Crippen LogP contribution in [0.1, 0.15) is 46.5 Å². The summed E-state index contributed by atoms with van der Waals surface area (Å²) in [5, 5.41) is 12.7. The Morgan fingerprint density at radius 1 is 1.25 bits per heavy atom. The number of benzene rings is 1. The third-order valence-corrected chi connectivity index (χ3v) is 7.16. The number of nitrogens with one attached hydrogen (secondary N) is 1. The van der Waals surface area contributed by atoms with Crippen molar-refractivity contribution in [1.82, 2.24) is 9.62 Å². The molecule has 2 rings (SSSR count). The summed E-state index contributed by atoms with van der Waals surface area (Å²) in [6.07, 6.45) is 1.03. The predicted molar refractivity (Wildman–Crippen MR) is 119 cm³/mol. The Bertz CT molecular complexity index is 871. The van der Waals surface area contributed by atoms with Gasteiger partial charge in [-0.05, 0) is 49.4 Å². The highest BCUT2D eigenvalue weighted by Gasteiger charge is 2.45. The van der Waals surface area contributed by atoms with Crippen LogP contribution in [-0.4, -0.2) is 68.2 Å². The van der Waals surface area contributed by atoms with E-state index in [4.69, 9.17) is 9.47 Å². The Morgan fingerprint density at radius 3 is 2.47 bits per heavy atom. The van der Waals surface area contributed by atoms with Gasteiger partial charge in [0.1, 0.15) is 17.9 Å². The summed E-state index contributed by atoms with van der Waals surface area (Å²) < 4.78 is 37.9. The van der Waals surface area contributed by atoms with Gasteiger partial charge in [0.15, 0.2) is 0 Å². The van der Waals surface area contributed by atoms with Gasteiger partial charge in [-0.3, -0.25) is 9.59 Å². The topological polar surface area (TPSA) is 122 Å². The molecule has 1 aliphatic rings. The van der Waals surface area contributed by atoms with E-state index in [9.17, 15) is 23.1 Å². The van der Waals surface area contributed by atoms with Crippen molar-refractivity contribution in [2.75, 3.05) is 20.3 Å². The Hall–Kier alpha value is -2.17. The van der Waals surface area contributed by atoms with Gasteiger partial charge in [0.05, 0.1) is 18.6 Å². The van der Waals surface area contributed by atoms with E-state index < -0.39 is 40.1 Å². The highest BCUT2D eigenvalue weighted by Crippen LogP contribution is 2.28. The minimum atomic E-state index is -4.03. The second kappa shape index (κ2) is 11.6. The normalized spacial score (nSPS) is 20.2. The van der Waals surface area contributed by atoms with Gasteiger partial charge >= 0.3 is 5.97 Å². The first-order valence-corrected chi connectivity index (χ1v) is 12.3. The third-order valence-electron chi connectivity index (χ3n) is 5.27. The van der Waals surface area contributed by atoms with Gasteiger partial charge in [-0.2, -0.15) is 4.31 Å². The summed E-state index contributed by atoms with van der Waals surface area (Å²) in [7, 11) is -2.84. The Balaban J connectivity index is 2.17. The molecule has 0 unspecified atom stereocenters. The molecule has 0 radical (unpaired) electrons. The molecule has 1 aromatic carbocycles. The van der Waals surface area contributed by atoms with E-state index >= 15 is 0 Å². The van der Waals surface area contributed by atoms with Crippen molar-refractivity contribution >= 4 is 21.9 Å². The quantitative estimate of drug-likeness (QED) is 0.373. The van der Waals surface area contributed by atoms with E-state index in [1.165, 1.54) is 19.2 Å². The van der Waals surface area contributed by atoms with E-state index in [-0.39, 0.29) is 30.2 Å². The zero-order valence-corrected chi connectivity index (χ0v) is 19.9. The first kappa shape index (κ1) is 26.1. The summed E-state index contributed by atoms with van der Waals surface area (Å²) in [4.78, 5) is 24.6. The van der Waals surface area contributed by atoms with Gasteiger partial charge in [-0.15, -0.1) is 0 Å². The van der Waals surface area contributed by atoms with E-state index in [0.717, 1.165) is 17.1 Å². The smallest absolute Gasteiger partial charge is 0.324 e. The lowest BCUT2D eigenvalue weighted by molar-refractivity contribution is -0.144. The molecule has 1 amide bonds. The summed E-state index contributed by atoms with van der Waals surface area (Å²) >= 11 is 0. The van der Waals surface area contributed by atoms with Crippen molar-refractivity contribution in [1.29, 1.82) is 0 Å². The molecule has 9 nitrogen and oxygen atoms in total. The van der Waals surface area contributed by atoms with E-state index in [0.29, 0.717) is 12.4 Å². The second-order valence-corrected chi connectivity index (χ2v) is 10.3. The van der Waals surface area contributed by atoms with E-state index in [1.807, 2.05) is 20.8 Å². The molecule has 2 N–H and O–H groups in total. The number of rotatable bonds is 11. The Labute approximate surface area is 190 Å². The molecule has 0 aliphatic carbocycles. The lowest BCUT2D eigenvalue weighted by Crippen LogP contribution is -2.44. The molecule has 32 heavy (non-hydrogen) atoms. The van der Waals surface area contributed by atoms with Crippen molar-refractivity contribution in [3.05, 3.63) is 24.3 Å². The number of esters is 1. The van der Waals surface area contributed by atoms with Crippen LogP contribution in [0, 0.1) is 5.92 Å². The number of ether oxygens (including phenoxy) is 2. The minimum absolute atomic E-state index is 0.0149. The highest BCUT2D eigenvalue weighted by molar-refractivity contribution is 7.89. The van der Waals surface area contributed by atoms with Gasteiger partial charge in [-0.1, -0.05) is 27.2 Å². The zero-order chi connectivity index (χ0) is 23.9. The van der Waals surface area contributed by atoms with Crippen LogP contribution in [0.5, 0.6) is 5.75 Å². The van der Waals surface area contributed by atoms with Gasteiger partial charge in [-0.25, -0.2) is 8.42 Å². The molecular weight excluding hydrogens is 436 g/mol. The highest BCUT2D eigenvalue weighted by atomic mass is 32.2. The number of sulfonamides is 1. The van der Waals surface area contributed by atoms with Crippen LogP contribution >= 0.6 is 0 Å². The largest absolute Gasteiger partial charge is 0.494 e. The van der Waals surface area contributed by atoms with Gasteiger partial charge in [0.2, 0.25) is 15.9 Å². The molecule has 1 aromatic rings. The number of amides is 1. The average Bonchev–Trinajstić information content (AvgIpc) is 3.18. The molecule has 10 heteroatoms. The molecule has 1 saturated heterocycles. The monoisotopic (exact) mass is 470 g/mol. The van der Waals surface area contributed by atoms with Crippen molar-refractivity contribution in [2.24, 2.45) is 5.92 Å². The number of aliphatic hydroxyl groups is 1. The summed E-state index contributed by atoms with van der Waals surface area (Å²) in [5.74, 6) is -0.603. The van der Waals surface area contributed by atoms with Crippen LogP contribution < -0.4 is 10.1 Å². The number of carbonyl (C=O) groups is 2. The molecule has 0 saturated carbocycles. The Kier molecular flexibility index (Phi) is 9.47. The summed E-state index contributed by atoms with van der Waals surface area (Å²) in [6, 6.07) is 4.32. The molecule has 1 fully saturated rings. The molecular formula is C22H34N2O7S. The molecule has 1 heterocycles. The molecule has 1 aliphatic heterocycles. The van der Waals surface area contributed by atoms with Gasteiger partial charge in [0.25, 0.3) is 0 Å². The van der Waals surface area contributed by atoms with Gasteiger partial charge in [0, 0.05) is 12.6 Å². The number of hydrogen-bond acceptors (Lipinski definition) is 7. The van der Waals surface area contributed by atoms with Crippen LogP contribution in [0.2, 0.25) is 0 Å². The lowest BCUT2D eigenvalue weighted by atomic mass is 10.0. The first-order valence-electron chi connectivity index (χ1n) is 10.9. The van der Waals surface area contributed by atoms with E-state index in [2.05, 4.69) is 5.32 Å². The standard InChI is InChI=1S/C22H34N2O7S/c1-5-6-11-31-17-7-9-18(10-8-17)32(28,29)24-14-16(13-19(24)22(27)30-4)23-21(26)20(25)12-15(2)3/h7-10,15-16,19-20,25H,5-6,11-14H2,1-4H3,(H,23,26)/t16-,19+,20-/m0/s1. The van der Waals surface area contributed by atoms with E-state index in [1.54, 1.807) is 12.1 Å². The summed E-state index contributed by atoms with van der Waals surface area (Å²) in [6.45, 7) is 6.26. The molecule has 180 valence electrons. The van der Waals surface area contributed by atoms with Crippen LogP contribution in [0.3, 0.4) is 0 Å². The van der Waals surface area contributed by atoms with Crippen molar-refractivity contribution in [2.45, 2.75) is 69.5 Å². The predicted octanol–water partition coefficient (Wildman–Crippen LogP) is 1.69. The lowest BCUT2D eigenvalue weighted by Gasteiger charge is -2.22. The van der Waals surface area contributed by atoms with Crippen molar-refractivity contribution in [3.63, 3.8) is 0 Å². The Morgan fingerprint density at radius 2 is 1.91 bits per heavy atom.